The van der Waals surface area contributed by atoms with Crippen molar-refractivity contribution in [2.24, 2.45) is 5.10 Å². The predicted molar refractivity (Wildman–Crippen MR) is 82.3 cm³/mol. The topological polar surface area (TPSA) is 77.0 Å². The number of alkyl halides is 2. The number of esters is 2. The van der Waals surface area contributed by atoms with Crippen molar-refractivity contribution in [1.82, 2.24) is 5.43 Å². The van der Waals surface area contributed by atoms with Gasteiger partial charge in [0, 0.05) is 17.1 Å². The van der Waals surface area contributed by atoms with E-state index in [1.54, 1.807) is 6.92 Å². The zero-order valence-electron chi connectivity index (χ0n) is 11.3. The fraction of sp³-hybridized carbons (Fsp3) is 0.750. The summed E-state index contributed by atoms with van der Waals surface area (Å²) in [6, 6.07) is 0. The van der Waals surface area contributed by atoms with E-state index < -0.39 is 17.5 Å². The summed E-state index contributed by atoms with van der Waals surface area (Å²) < 4.78 is 10.2. The van der Waals surface area contributed by atoms with Gasteiger partial charge in [-0.3, -0.25) is 5.43 Å². The molecule has 20 heavy (non-hydrogen) atoms. The number of carbonyl (C=O) groups excluding carboxylic acids is 2. The smallest absolute Gasteiger partial charge is 0.354 e. The number of rotatable bonds is 8. The van der Waals surface area contributed by atoms with Crippen LogP contribution in [0.25, 0.3) is 0 Å². The minimum Gasteiger partial charge on any atom is -0.464 e. The maximum atomic E-state index is 11.9. The van der Waals surface area contributed by atoms with Crippen molar-refractivity contribution < 1.29 is 19.1 Å². The zero-order chi connectivity index (χ0) is 15.0. The van der Waals surface area contributed by atoms with Crippen LogP contribution in [0.1, 0.15) is 26.2 Å². The number of hydrazone groups is 1. The van der Waals surface area contributed by atoms with Crippen molar-refractivity contribution >= 4 is 49.5 Å². The van der Waals surface area contributed by atoms with Gasteiger partial charge in [0.15, 0.2) is 5.54 Å². The molecule has 6 nitrogen and oxygen atoms in total. The van der Waals surface area contributed by atoms with Crippen molar-refractivity contribution in [2.45, 2.75) is 31.7 Å². The maximum absolute atomic E-state index is 11.9. The van der Waals surface area contributed by atoms with Gasteiger partial charge in [-0.2, -0.15) is 5.10 Å². The maximum Gasteiger partial charge on any atom is 0.354 e. The second-order valence-electron chi connectivity index (χ2n) is 4.54. The van der Waals surface area contributed by atoms with E-state index in [1.165, 1.54) is 0 Å². The molecule has 0 aromatic carbocycles. The standard InChI is InChI=1S/C12H18Br2N2O4/c1-12(11(18)20-7-3-5-14)8-9(15-16-12)10(17)19-6-2-4-13/h16H,2-8H2,1H3. The van der Waals surface area contributed by atoms with Crippen molar-refractivity contribution in [2.75, 3.05) is 23.9 Å². The highest BCUT2D eigenvalue weighted by molar-refractivity contribution is 9.09. The quantitative estimate of drug-likeness (QED) is 0.372. The number of nitrogens with one attached hydrogen (secondary N) is 1. The summed E-state index contributed by atoms with van der Waals surface area (Å²) in [5, 5.41) is 5.42. The van der Waals surface area contributed by atoms with Gasteiger partial charge in [-0.25, -0.2) is 9.59 Å². The summed E-state index contributed by atoms with van der Waals surface area (Å²) in [6.07, 6.45) is 1.65. The van der Waals surface area contributed by atoms with Crippen LogP contribution < -0.4 is 5.43 Å². The molecule has 1 aliphatic rings. The van der Waals surface area contributed by atoms with Crippen LogP contribution in [-0.4, -0.2) is 47.1 Å². The Morgan fingerprint density at radius 2 is 1.85 bits per heavy atom. The third-order valence-electron chi connectivity index (χ3n) is 2.67. The minimum atomic E-state index is -0.990. The van der Waals surface area contributed by atoms with Crippen LogP contribution in [0.3, 0.4) is 0 Å². The lowest BCUT2D eigenvalue weighted by Crippen LogP contribution is -2.45. The van der Waals surface area contributed by atoms with Crippen molar-refractivity contribution in [1.29, 1.82) is 0 Å². The SMILES string of the molecule is CC1(C(=O)OCCCBr)CC(C(=O)OCCCBr)=NN1. The number of hydrogen-bond donors (Lipinski definition) is 1. The van der Waals surface area contributed by atoms with E-state index in [0.29, 0.717) is 13.2 Å². The zero-order valence-corrected chi connectivity index (χ0v) is 14.5. The molecular formula is C12H18Br2N2O4. The van der Waals surface area contributed by atoms with Gasteiger partial charge in [0.25, 0.3) is 0 Å². The summed E-state index contributed by atoms with van der Waals surface area (Å²) >= 11 is 6.51. The highest BCUT2D eigenvalue weighted by Crippen LogP contribution is 2.19. The Kier molecular flexibility index (Phi) is 7.50. The average molecular weight is 414 g/mol. The van der Waals surface area contributed by atoms with E-state index >= 15 is 0 Å². The molecule has 0 aliphatic carbocycles. The Morgan fingerprint density at radius 3 is 2.45 bits per heavy atom. The third-order valence-corrected chi connectivity index (χ3v) is 3.79. The summed E-state index contributed by atoms with van der Waals surface area (Å²) in [6.45, 7) is 2.33. The molecule has 8 heteroatoms. The van der Waals surface area contributed by atoms with Crippen LogP contribution in [0.15, 0.2) is 5.10 Å². The number of carbonyl (C=O) groups is 2. The van der Waals surface area contributed by atoms with E-state index in [9.17, 15) is 9.59 Å². The van der Waals surface area contributed by atoms with Crippen LogP contribution in [0.5, 0.6) is 0 Å². The second kappa shape index (κ2) is 8.61. The van der Waals surface area contributed by atoms with Crippen LogP contribution in [0.2, 0.25) is 0 Å². The van der Waals surface area contributed by atoms with Gasteiger partial charge < -0.3 is 9.47 Å². The van der Waals surface area contributed by atoms with E-state index in [0.717, 1.165) is 23.5 Å². The molecule has 0 spiro atoms. The lowest BCUT2D eigenvalue weighted by atomic mass is 9.97. The molecule has 114 valence electrons. The van der Waals surface area contributed by atoms with Crippen LogP contribution in [0.4, 0.5) is 0 Å². The third kappa shape index (κ3) is 5.05. The van der Waals surface area contributed by atoms with E-state index in [1.807, 2.05) is 0 Å². The average Bonchev–Trinajstić information content (AvgIpc) is 2.83. The monoisotopic (exact) mass is 412 g/mol. The first kappa shape index (κ1) is 17.4. The van der Waals surface area contributed by atoms with Gasteiger partial charge in [-0.05, 0) is 19.8 Å². The Labute approximate surface area is 134 Å². The molecule has 1 heterocycles. The molecular weight excluding hydrogens is 396 g/mol. The highest BCUT2D eigenvalue weighted by atomic mass is 79.9. The Balaban J connectivity index is 2.42. The van der Waals surface area contributed by atoms with E-state index in [4.69, 9.17) is 9.47 Å². The van der Waals surface area contributed by atoms with Crippen molar-refractivity contribution in [3.05, 3.63) is 0 Å². The van der Waals surface area contributed by atoms with Gasteiger partial charge in [-0.1, -0.05) is 31.9 Å². The predicted octanol–water partition coefficient (Wildman–Crippen LogP) is 1.75. The second-order valence-corrected chi connectivity index (χ2v) is 6.12. The first-order valence-electron chi connectivity index (χ1n) is 6.33. The molecule has 0 radical (unpaired) electrons. The lowest BCUT2D eigenvalue weighted by Gasteiger charge is -2.21. The van der Waals surface area contributed by atoms with Crippen molar-refractivity contribution in [3.8, 4) is 0 Å². The largest absolute Gasteiger partial charge is 0.464 e. The molecule has 0 fully saturated rings. The molecule has 1 rings (SSSR count). The van der Waals surface area contributed by atoms with Crippen LogP contribution in [0, 0.1) is 0 Å². The Morgan fingerprint density at radius 1 is 1.25 bits per heavy atom. The highest BCUT2D eigenvalue weighted by Gasteiger charge is 2.42. The van der Waals surface area contributed by atoms with Gasteiger partial charge in [0.1, 0.15) is 5.71 Å². The number of nitrogens with zero attached hydrogens (tertiary/aromatic N) is 1. The van der Waals surface area contributed by atoms with Crippen molar-refractivity contribution in [3.63, 3.8) is 0 Å². The van der Waals surface area contributed by atoms with E-state index in [-0.39, 0.29) is 12.1 Å². The molecule has 0 aromatic rings. The first-order chi connectivity index (χ1) is 9.53. The molecule has 1 atom stereocenters. The van der Waals surface area contributed by atoms with Crippen LogP contribution >= 0.6 is 31.9 Å². The summed E-state index contributed by atoms with van der Waals surface area (Å²) in [7, 11) is 0. The molecule has 0 amide bonds. The molecule has 1 unspecified atom stereocenters. The Hall–Kier alpha value is -0.630. The number of hydrogen-bond acceptors (Lipinski definition) is 6. The molecule has 0 saturated carbocycles. The van der Waals surface area contributed by atoms with Crippen LogP contribution in [-0.2, 0) is 19.1 Å². The molecule has 0 saturated heterocycles. The van der Waals surface area contributed by atoms with Gasteiger partial charge in [-0.15, -0.1) is 0 Å². The summed E-state index contributed by atoms with van der Waals surface area (Å²) in [5.74, 6) is -0.902. The lowest BCUT2D eigenvalue weighted by molar-refractivity contribution is -0.150. The normalized spacial score (nSPS) is 21.1. The number of halogens is 2. The molecule has 1 aliphatic heterocycles. The summed E-state index contributed by atoms with van der Waals surface area (Å²) in [5.41, 5.74) is 1.90. The van der Waals surface area contributed by atoms with Gasteiger partial charge in [0.2, 0.25) is 0 Å². The Bertz CT molecular complexity index is 390. The fourth-order valence-corrected chi connectivity index (χ4v) is 1.98. The number of ether oxygens (including phenoxy) is 2. The minimum absolute atomic E-state index is 0.174. The van der Waals surface area contributed by atoms with Gasteiger partial charge in [0.05, 0.1) is 13.2 Å². The van der Waals surface area contributed by atoms with Gasteiger partial charge >= 0.3 is 11.9 Å². The fourth-order valence-electron chi connectivity index (χ4n) is 1.52. The first-order valence-corrected chi connectivity index (χ1v) is 8.58. The summed E-state index contributed by atoms with van der Waals surface area (Å²) in [4.78, 5) is 23.7. The molecule has 0 aromatic heterocycles. The molecule has 0 bridgehead atoms. The van der Waals surface area contributed by atoms with E-state index in [2.05, 4.69) is 42.4 Å². The molecule has 1 N–H and O–H groups in total.